The van der Waals surface area contributed by atoms with Gasteiger partial charge in [0.15, 0.2) is 0 Å². The minimum Gasteiger partial charge on any atom is -0.0651 e. The summed E-state index contributed by atoms with van der Waals surface area (Å²) in [6.45, 7) is 8.61. The average molecular weight is 201 g/mol. The fourth-order valence-corrected chi connectivity index (χ4v) is 2.24. The molecule has 0 spiro atoms. The summed E-state index contributed by atoms with van der Waals surface area (Å²) in [5, 5.41) is 0. The summed E-state index contributed by atoms with van der Waals surface area (Å²) < 4.78 is 0. The van der Waals surface area contributed by atoms with Gasteiger partial charge in [-0.05, 0) is 54.7 Å². The maximum absolute atomic E-state index is 4.17. The molecule has 0 heterocycles. The number of hydrogen-bond acceptors (Lipinski definition) is 0. The van der Waals surface area contributed by atoms with Crippen LogP contribution in [0.1, 0.15) is 61.6 Å². The molecule has 81 valence electrons. The smallest absolute Gasteiger partial charge is 0.0161 e. The van der Waals surface area contributed by atoms with E-state index in [-0.39, 0.29) is 0 Å². The summed E-state index contributed by atoms with van der Waals surface area (Å²) in [6, 6.07) is 7.06. The summed E-state index contributed by atoms with van der Waals surface area (Å²) in [4.78, 5) is 0. The highest BCUT2D eigenvalue weighted by atomic mass is 14.3. The summed E-state index contributed by atoms with van der Waals surface area (Å²) >= 11 is 0. The van der Waals surface area contributed by atoms with Gasteiger partial charge in [0.1, 0.15) is 0 Å². The molecule has 0 amide bonds. The van der Waals surface area contributed by atoms with E-state index >= 15 is 0 Å². The Morgan fingerprint density at radius 3 is 2.67 bits per heavy atom. The molecule has 1 aliphatic carbocycles. The van der Waals surface area contributed by atoms with E-state index in [0.29, 0.717) is 5.92 Å². The number of aryl methyl sites for hydroxylation is 1. The van der Waals surface area contributed by atoms with Crippen LogP contribution in [0.2, 0.25) is 0 Å². The molecule has 0 heteroatoms. The van der Waals surface area contributed by atoms with E-state index in [1.54, 1.807) is 5.56 Å². The van der Waals surface area contributed by atoms with E-state index < -0.39 is 0 Å². The van der Waals surface area contributed by atoms with Crippen molar-refractivity contribution < 1.29 is 0 Å². The van der Waals surface area contributed by atoms with Crippen molar-refractivity contribution in [1.82, 2.24) is 0 Å². The molecule has 15 heavy (non-hydrogen) atoms. The lowest BCUT2D eigenvalue weighted by Crippen LogP contribution is -1.98. The molecule has 0 aromatic heterocycles. The summed E-state index contributed by atoms with van der Waals surface area (Å²) in [6.07, 6.45) is 5.19. The zero-order chi connectivity index (χ0) is 10.8. The third kappa shape index (κ3) is 2.42. The maximum atomic E-state index is 4.17. The molecule has 0 aliphatic heterocycles. The molecule has 1 unspecified atom stereocenters. The first-order chi connectivity index (χ1) is 7.22. The third-order valence-corrected chi connectivity index (χ3v) is 3.27. The Bertz CT molecular complexity index is 332. The van der Waals surface area contributed by atoms with Crippen molar-refractivity contribution in [2.24, 2.45) is 0 Å². The van der Waals surface area contributed by atoms with Crippen LogP contribution in [0.4, 0.5) is 0 Å². The lowest BCUT2D eigenvalue weighted by Gasteiger charge is -2.14. The van der Waals surface area contributed by atoms with Crippen LogP contribution in [-0.4, -0.2) is 0 Å². The predicted octanol–water partition coefficient (Wildman–Crippen LogP) is 4.45. The largest absolute Gasteiger partial charge is 0.0651 e. The molecule has 1 aliphatic rings. The molecule has 0 saturated heterocycles. The molecule has 1 saturated carbocycles. The molecule has 2 rings (SSSR count). The molecule has 1 radical (unpaired) electrons. The van der Waals surface area contributed by atoms with Crippen molar-refractivity contribution in [3.05, 3.63) is 41.8 Å². The first-order valence-electron chi connectivity index (χ1n) is 6.18. The Morgan fingerprint density at radius 2 is 2.13 bits per heavy atom. The average Bonchev–Trinajstić information content (AvgIpc) is 3.02. The zero-order valence-electron chi connectivity index (χ0n) is 9.92. The van der Waals surface area contributed by atoms with Crippen molar-refractivity contribution in [1.29, 1.82) is 0 Å². The normalized spacial score (nSPS) is 16.0. The molecule has 1 aromatic carbocycles. The molecule has 0 nitrogen and oxygen atoms in total. The Labute approximate surface area is 93.7 Å². The molecule has 0 N–H and O–H groups in total. The van der Waals surface area contributed by atoms with Crippen molar-refractivity contribution in [2.75, 3.05) is 0 Å². The quantitative estimate of drug-likeness (QED) is 0.675. The van der Waals surface area contributed by atoms with Crippen LogP contribution in [-0.2, 0) is 6.42 Å². The summed E-state index contributed by atoms with van der Waals surface area (Å²) in [5.41, 5.74) is 4.52. The lowest BCUT2D eigenvalue weighted by atomic mass is 9.92. The highest BCUT2D eigenvalue weighted by Crippen LogP contribution is 2.41. The van der Waals surface area contributed by atoms with E-state index in [2.05, 4.69) is 39.0 Å². The van der Waals surface area contributed by atoms with Crippen LogP contribution in [0, 0.1) is 6.92 Å². The van der Waals surface area contributed by atoms with E-state index in [4.69, 9.17) is 0 Å². The molecular formula is C15H21. The Kier molecular flexibility index (Phi) is 3.14. The molecule has 1 aromatic rings. The second kappa shape index (κ2) is 4.38. The minimum atomic E-state index is 0.422. The Balaban J connectivity index is 2.30. The highest BCUT2D eigenvalue weighted by Gasteiger charge is 2.24. The zero-order valence-corrected chi connectivity index (χ0v) is 9.92. The van der Waals surface area contributed by atoms with E-state index in [1.165, 1.54) is 36.8 Å². The first kappa shape index (κ1) is 10.7. The SMILES string of the molecule is [CH2]C(C)c1cc(C2CC2)ccc1CCC. The topological polar surface area (TPSA) is 0 Å². The van der Waals surface area contributed by atoms with Gasteiger partial charge in [-0.1, -0.05) is 38.5 Å². The van der Waals surface area contributed by atoms with Crippen LogP contribution < -0.4 is 0 Å². The van der Waals surface area contributed by atoms with Gasteiger partial charge in [-0.25, -0.2) is 0 Å². The van der Waals surface area contributed by atoms with Gasteiger partial charge in [0.05, 0.1) is 0 Å². The number of hydrogen-bond donors (Lipinski definition) is 0. The monoisotopic (exact) mass is 201 g/mol. The fourth-order valence-electron chi connectivity index (χ4n) is 2.24. The van der Waals surface area contributed by atoms with Gasteiger partial charge in [-0.2, -0.15) is 0 Å². The van der Waals surface area contributed by atoms with E-state index in [9.17, 15) is 0 Å². The van der Waals surface area contributed by atoms with Gasteiger partial charge in [-0.15, -0.1) is 0 Å². The van der Waals surface area contributed by atoms with Crippen molar-refractivity contribution in [2.45, 2.75) is 51.4 Å². The summed E-state index contributed by atoms with van der Waals surface area (Å²) in [5.74, 6) is 1.28. The predicted molar refractivity (Wildman–Crippen MR) is 66.2 cm³/mol. The lowest BCUT2D eigenvalue weighted by molar-refractivity contribution is 0.862. The van der Waals surface area contributed by atoms with Crippen molar-refractivity contribution in [3.8, 4) is 0 Å². The van der Waals surface area contributed by atoms with Crippen molar-refractivity contribution >= 4 is 0 Å². The van der Waals surface area contributed by atoms with E-state index in [0.717, 1.165) is 5.92 Å². The van der Waals surface area contributed by atoms with Gasteiger partial charge >= 0.3 is 0 Å². The van der Waals surface area contributed by atoms with Crippen LogP contribution >= 0.6 is 0 Å². The number of rotatable bonds is 4. The molecule has 1 atom stereocenters. The van der Waals surface area contributed by atoms with Gasteiger partial charge in [0.2, 0.25) is 0 Å². The van der Waals surface area contributed by atoms with E-state index in [1.807, 2.05) is 0 Å². The van der Waals surface area contributed by atoms with Gasteiger partial charge in [0.25, 0.3) is 0 Å². The van der Waals surface area contributed by atoms with Gasteiger partial charge in [-0.3, -0.25) is 0 Å². The van der Waals surface area contributed by atoms with Gasteiger partial charge < -0.3 is 0 Å². The summed E-state index contributed by atoms with van der Waals surface area (Å²) in [7, 11) is 0. The molecule has 0 bridgehead atoms. The van der Waals surface area contributed by atoms with Gasteiger partial charge in [0, 0.05) is 0 Å². The second-order valence-corrected chi connectivity index (χ2v) is 4.88. The maximum Gasteiger partial charge on any atom is -0.0161 e. The molecular weight excluding hydrogens is 180 g/mol. The first-order valence-corrected chi connectivity index (χ1v) is 6.18. The Hall–Kier alpha value is -0.780. The fraction of sp³-hybridized carbons (Fsp3) is 0.533. The standard InChI is InChI=1S/C15H21/c1-4-5-13-8-9-14(12-6-7-12)10-15(13)11(2)3/h8-12H,2,4-7H2,1,3H3. The van der Waals surface area contributed by atoms with Crippen molar-refractivity contribution in [3.63, 3.8) is 0 Å². The Morgan fingerprint density at radius 1 is 1.40 bits per heavy atom. The highest BCUT2D eigenvalue weighted by molar-refractivity contribution is 5.38. The minimum absolute atomic E-state index is 0.422. The third-order valence-electron chi connectivity index (χ3n) is 3.27. The molecule has 1 fully saturated rings. The number of benzene rings is 1. The van der Waals surface area contributed by atoms with Crippen LogP contribution in [0.3, 0.4) is 0 Å². The van der Waals surface area contributed by atoms with Crippen LogP contribution in [0.5, 0.6) is 0 Å². The van der Waals surface area contributed by atoms with Crippen LogP contribution in [0.15, 0.2) is 18.2 Å². The second-order valence-electron chi connectivity index (χ2n) is 4.88. The van der Waals surface area contributed by atoms with Crippen LogP contribution in [0.25, 0.3) is 0 Å².